The average molecular weight is 234 g/mol. The van der Waals surface area contributed by atoms with Gasteiger partial charge in [0.25, 0.3) is 0 Å². The average Bonchev–Trinajstić information content (AvgIpc) is 2.35. The van der Waals surface area contributed by atoms with Crippen LogP contribution in [-0.2, 0) is 0 Å². The highest BCUT2D eigenvalue weighted by atomic mass is 16.3. The molecule has 0 fully saturated rings. The summed E-state index contributed by atoms with van der Waals surface area (Å²) in [5.74, 6) is 0.889. The number of nitrogens with two attached hydrogens (primary N) is 2. The molecule has 100 valence electrons. The fourth-order valence-corrected chi connectivity index (χ4v) is 0.965. The van der Waals surface area contributed by atoms with Crippen LogP contribution in [0, 0.1) is 11.8 Å². The molecule has 4 nitrogen and oxygen atoms in total. The minimum Gasteiger partial charge on any atom is -0.395 e. The van der Waals surface area contributed by atoms with Crippen LogP contribution in [0.2, 0.25) is 0 Å². The second-order valence-electron chi connectivity index (χ2n) is 4.46. The fourth-order valence-electron chi connectivity index (χ4n) is 0.965. The third-order valence-electron chi connectivity index (χ3n) is 3.17. The summed E-state index contributed by atoms with van der Waals surface area (Å²) in [6.07, 6.45) is 2.09. The molecule has 0 amide bonds. The highest BCUT2D eigenvalue weighted by Crippen LogP contribution is 2.03. The zero-order valence-electron chi connectivity index (χ0n) is 11.2. The summed E-state index contributed by atoms with van der Waals surface area (Å²) in [5.41, 5.74) is 11.0. The molecule has 0 radical (unpaired) electrons. The van der Waals surface area contributed by atoms with Gasteiger partial charge in [-0.1, -0.05) is 40.5 Å². The molecule has 16 heavy (non-hydrogen) atoms. The van der Waals surface area contributed by atoms with E-state index in [0.29, 0.717) is 11.8 Å². The molecule has 0 saturated carbocycles. The van der Waals surface area contributed by atoms with Gasteiger partial charge in [-0.25, -0.2) is 0 Å². The van der Waals surface area contributed by atoms with Gasteiger partial charge in [0.05, 0.1) is 13.2 Å². The highest BCUT2D eigenvalue weighted by molar-refractivity contribution is 4.65. The van der Waals surface area contributed by atoms with E-state index in [1.165, 1.54) is 0 Å². The Morgan fingerprint density at radius 1 is 0.812 bits per heavy atom. The van der Waals surface area contributed by atoms with E-state index < -0.39 is 0 Å². The quantitative estimate of drug-likeness (QED) is 0.544. The van der Waals surface area contributed by atoms with E-state index >= 15 is 0 Å². The van der Waals surface area contributed by atoms with Crippen LogP contribution in [0.15, 0.2) is 0 Å². The number of aliphatic hydroxyl groups excluding tert-OH is 2. The smallest absolute Gasteiger partial charge is 0.0585 e. The SMILES string of the molecule is CC[C@H](C)[C@H](N)CO.CC[C@H](C)[C@H](N)CO. The molecule has 0 aromatic heterocycles. The third kappa shape index (κ3) is 9.09. The second-order valence-corrected chi connectivity index (χ2v) is 4.46. The van der Waals surface area contributed by atoms with Gasteiger partial charge in [0.15, 0.2) is 0 Å². The van der Waals surface area contributed by atoms with Crippen LogP contribution >= 0.6 is 0 Å². The molecule has 0 aliphatic carbocycles. The molecule has 0 aromatic carbocycles. The fraction of sp³-hybridized carbons (Fsp3) is 1.00. The minimum absolute atomic E-state index is 0.0278. The van der Waals surface area contributed by atoms with Gasteiger partial charge in [0, 0.05) is 12.1 Å². The van der Waals surface area contributed by atoms with Gasteiger partial charge in [-0.05, 0) is 11.8 Å². The Bertz CT molecular complexity index is 113. The first-order valence-electron chi connectivity index (χ1n) is 6.17. The summed E-state index contributed by atoms with van der Waals surface area (Å²) in [7, 11) is 0. The number of hydrogen-bond acceptors (Lipinski definition) is 4. The first-order valence-corrected chi connectivity index (χ1v) is 6.17. The monoisotopic (exact) mass is 234 g/mol. The van der Waals surface area contributed by atoms with Crippen molar-refractivity contribution >= 4 is 0 Å². The second kappa shape index (κ2) is 11.3. The standard InChI is InChI=1S/2C6H15NO/c2*1-3-5(2)6(7)4-8/h2*5-6,8H,3-4,7H2,1-2H3/t2*5-,6+/m00/s1. The van der Waals surface area contributed by atoms with Crippen molar-refractivity contribution in [3.8, 4) is 0 Å². The third-order valence-corrected chi connectivity index (χ3v) is 3.17. The largest absolute Gasteiger partial charge is 0.395 e. The van der Waals surface area contributed by atoms with Crippen molar-refractivity contribution in [3.05, 3.63) is 0 Å². The maximum Gasteiger partial charge on any atom is 0.0585 e. The Kier molecular flexibility index (Phi) is 12.9. The first-order chi connectivity index (χ1) is 7.44. The molecule has 4 atom stereocenters. The van der Waals surface area contributed by atoms with Crippen LogP contribution < -0.4 is 11.5 Å². The van der Waals surface area contributed by atoms with Crippen LogP contribution in [0.25, 0.3) is 0 Å². The summed E-state index contributed by atoms with van der Waals surface area (Å²) < 4.78 is 0. The Morgan fingerprint density at radius 2 is 1.06 bits per heavy atom. The predicted molar refractivity (Wildman–Crippen MR) is 69.0 cm³/mol. The first kappa shape index (κ1) is 18.2. The molecular weight excluding hydrogens is 204 g/mol. The summed E-state index contributed by atoms with van der Waals surface area (Å²) in [6, 6.07) is -0.0556. The van der Waals surface area contributed by atoms with Gasteiger partial charge in [-0.3, -0.25) is 0 Å². The van der Waals surface area contributed by atoms with Crippen molar-refractivity contribution < 1.29 is 10.2 Å². The summed E-state index contributed by atoms with van der Waals surface area (Å²) in [5, 5.41) is 17.0. The zero-order chi connectivity index (χ0) is 13.1. The van der Waals surface area contributed by atoms with Crippen molar-refractivity contribution in [3.63, 3.8) is 0 Å². The van der Waals surface area contributed by atoms with E-state index in [1.807, 2.05) is 13.8 Å². The van der Waals surface area contributed by atoms with Crippen LogP contribution in [0.5, 0.6) is 0 Å². The van der Waals surface area contributed by atoms with Gasteiger partial charge >= 0.3 is 0 Å². The number of rotatable bonds is 6. The van der Waals surface area contributed by atoms with E-state index in [1.54, 1.807) is 0 Å². The Morgan fingerprint density at radius 3 is 1.12 bits per heavy atom. The lowest BCUT2D eigenvalue weighted by atomic mass is 10.0. The van der Waals surface area contributed by atoms with E-state index in [2.05, 4.69) is 13.8 Å². The van der Waals surface area contributed by atoms with E-state index in [0.717, 1.165) is 12.8 Å². The van der Waals surface area contributed by atoms with E-state index in [-0.39, 0.29) is 25.3 Å². The van der Waals surface area contributed by atoms with Gasteiger partial charge < -0.3 is 21.7 Å². The topological polar surface area (TPSA) is 92.5 Å². The molecule has 0 rings (SSSR count). The van der Waals surface area contributed by atoms with Crippen LogP contribution in [-0.4, -0.2) is 35.5 Å². The van der Waals surface area contributed by atoms with Crippen molar-refractivity contribution in [1.82, 2.24) is 0 Å². The molecule has 0 unspecified atom stereocenters. The lowest BCUT2D eigenvalue weighted by Crippen LogP contribution is -2.31. The van der Waals surface area contributed by atoms with Gasteiger partial charge in [0.2, 0.25) is 0 Å². The summed E-state index contributed by atoms with van der Waals surface area (Å²) >= 11 is 0. The predicted octanol–water partition coefficient (Wildman–Crippen LogP) is 0.704. The highest BCUT2D eigenvalue weighted by Gasteiger charge is 2.07. The zero-order valence-corrected chi connectivity index (χ0v) is 11.2. The summed E-state index contributed by atoms with van der Waals surface area (Å²) in [6.45, 7) is 8.44. The molecule has 0 bridgehead atoms. The lowest BCUT2D eigenvalue weighted by molar-refractivity contribution is 0.230. The van der Waals surface area contributed by atoms with Crippen LogP contribution in [0.3, 0.4) is 0 Å². The molecule has 0 aliphatic rings. The Labute approximate surface area is 100 Å². The normalized spacial score (nSPS) is 18.0. The number of hydrogen-bond donors (Lipinski definition) is 4. The Balaban J connectivity index is 0. The van der Waals surface area contributed by atoms with Crippen LogP contribution in [0.1, 0.15) is 40.5 Å². The summed E-state index contributed by atoms with van der Waals surface area (Å²) in [4.78, 5) is 0. The maximum absolute atomic E-state index is 8.51. The number of aliphatic hydroxyl groups is 2. The molecule has 0 heterocycles. The van der Waals surface area contributed by atoms with Crippen molar-refractivity contribution in [2.24, 2.45) is 23.3 Å². The Hall–Kier alpha value is -0.160. The molecular formula is C12H30N2O2. The van der Waals surface area contributed by atoms with Crippen molar-refractivity contribution in [2.75, 3.05) is 13.2 Å². The van der Waals surface area contributed by atoms with Gasteiger partial charge in [-0.2, -0.15) is 0 Å². The van der Waals surface area contributed by atoms with E-state index in [4.69, 9.17) is 21.7 Å². The lowest BCUT2D eigenvalue weighted by Gasteiger charge is -2.14. The van der Waals surface area contributed by atoms with Gasteiger partial charge in [0.1, 0.15) is 0 Å². The minimum atomic E-state index is -0.0278. The van der Waals surface area contributed by atoms with Crippen molar-refractivity contribution in [2.45, 2.75) is 52.6 Å². The molecule has 0 aromatic rings. The molecule has 0 aliphatic heterocycles. The van der Waals surface area contributed by atoms with Crippen LogP contribution in [0.4, 0.5) is 0 Å². The van der Waals surface area contributed by atoms with Gasteiger partial charge in [-0.15, -0.1) is 0 Å². The molecule has 4 heteroatoms. The molecule has 0 spiro atoms. The maximum atomic E-state index is 8.51. The van der Waals surface area contributed by atoms with Crippen molar-refractivity contribution in [1.29, 1.82) is 0 Å². The molecule has 0 saturated heterocycles. The molecule has 6 N–H and O–H groups in total. The van der Waals surface area contributed by atoms with E-state index in [9.17, 15) is 0 Å².